The third-order valence-corrected chi connectivity index (χ3v) is 5.97. The molecule has 0 saturated heterocycles. The van der Waals surface area contributed by atoms with E-state index in [4.69, 9.17) is 0 Å². The molecule has 1 aliphatic heterocycles. The van der Waals surface area contributed by atoms with Gasteiger partial charge in [-0.1, -0.05) is 36.0 Å². The van der Waals surface area contributed by atoms with Gasteiger partial charge in [-0.3, -0.25) is 14.9 Å². The van der Waals surface area contributed by atoms with E-state index in [1.54, 1.807) is 27.8 Å². The second-order valence-electron chi connectivity index (χ2n) is 5.76. The summed E-state index contributed by atoms with van der Waals surface area (Å²) in [6, 6.07) is 13.6. The quantitative estimate of drug-likeness (QED) is 0.755. The normalized spacial score (nSPS) is 15.8. The number of rotatable bonds is 3. The summed E-state index contributed by atoms with van der Waals surface area (Å²) in [6.45, 7) is 1.90. The van der Waals surface area contributed by atoms with E-state index in [0.717, 1.165) is 27.7 Å². The van der Waals surface area contributed by atoms with Gasteiger partial charge in [0.15, 0.2) is 10.9 Å². The number of amidine groups is 1. The standard InChI is InChI=1S/C18H17N5OS2/c1-12-16(17(24)23(22(12)2)13-7-4-3-5-8-13)19-18-21-20-14(11-26-18)15-9-6-10-25-15/h3-10H,11H2,1-2H3,(H,19,21). The minimum atomic E-state index is -0.140. The highest BCUT2D eigenvalue weighted by molar-refractivity contribution is 8.14. The monoisotopic (exact) mass is 383 g/mol. The van der Waals surface area contributed by atoms with E-state index in [1.807, 2.05) is 66.5 Å². The number of hydrazone groups is 1. The van der Waals surface area contributed by atoms with Gasteiger partial charge >= 0.3 is 0 Å². The Balaban J connectivity index is 1.68. The van der Waals surface area contributed by atoms with Crippen LogP contribution in [0, 0.1) is 6.92 Å². The van der Waals surface area contributed by atoms with Crippen LogP contribution < -0.4 is 11.0 Å². The number of aliphatic imine (C=N–C) groups is 1. The van der Waals surface area contributed by atoms with Crippen molar-refractivity contribution in [1.82, 2.24) is 14.8 Å². The van der Waals surface area contributed by atoms with Crippen molar-refractivity contribution in [2.75, 3.05) is 5.75 Å². The zero-order chi connectivity index (χ0) is 18.1. The molecular formula is C18H17N5OS2. The molecule has 2 aromatic heterocycles. The zero-order valence-corrected chi connectivity index (χ0v) is 16.0. The van der Waals surface area contributed by atoms with Gasteiger partial charge in [-0.15, -0.1) is 11.3 Å². The SMILES string of the molecule is Cc1c(N=C2NN=C(c3cccs3)CS2)c(=O)n(-c2ccccc2)n1C. The van der Waals surface area contributed by atoms with Crippen molar-refractivity contribution in [3.63, 3.8) is 0 Å². The Bertz CT molecular complexity index is 1050. The molecule has 26 heavy (non-hydrogen) atoms. The van der Waals surface area contributed by atoms with Gasteiger partial charge < -0.3 is 0 Å². The van der Waals surface area contributed by atoms with Crippen molar-refractivity contribution < 1.29 is 0 Å². The molecule has 0 unspecified atom stereocenters. The number of aromatic nitrogens is 2. The summed E-state index contributed by atoms with van der Waals surface area (Å²) in [5.74, 6) is 0.727. The maximum atomic E-state index is 12.9. The number of nitrogens with zero attached hydrogens (tertiary/aromatic N) is 4. The molecule has 4 rings (SSSR count). The summed E-state index contributed by atoms with van der Waals surface area (Å²) >= 11 is 3.21. The van der Waals surface area contributed by atoms with Gasteiger partial charge in [-0.25, -0.2) is 9.67 Å². The van der Waals surface area contributed by atoms with E-state index >= 15 is 0 Å². The second-order valence-corrected chi connectivity index (χ2v) is 7.68. The van der Waals surface area contributed by atoms with Crippen molar-refractivity contribution in [3.8, 4) is 5.69 Å². The largest absolute Gasteiger partial charge is 0.297 e. The van der Waals surface area contributed by atoms with Crippen LogP contribution in [0.1, 0.15) is 10.6 Å². The molecule has 0 aliphatic carbocycles. The van der Waals surface area contributed by atoms with Crippen LogP contribution in [-0.4, -0.2) is 26.0 Å². The highest BCUT2D eigenvalue weighted by Gasteiger charge is 2.19. The maximum absolute atomic E-state index is 12.9. The molecule has 132 valence electrons. The molecule has 1 aromatic carbocycles. The number of benzene rings is 1. The van der Waals surface area contributed by atoms with Gasteiger partial charge in [0.25, 0.3) is 5.56 Å². The molecular weight excluding hydrogens is 366 g/mol. The van der Waals surface area contributed by atoms with Crippen LogP contribution in [0.25, 0.3) is 5.69 Å². The lowest BCUT2D eigenvalue weighted by molar-refractivity contribution is 0.630. The topological polar surface area (TPSA) is 63.7 Å². The number of thioether (sulfide) groups is 1. The van der Waals surface area contributed by atoms with E-state index in [9.17, 15) is 4.79 Å². The Morgan fingerprint density at radius 2 is 2.00 bits per heavy atom. The first-order chi connectivity index (χ1) is 12.6. The molecule has 0 spiro atoms. The van der Waals surface area contributed by atoms with Crippen LogP contribution in [0.15, 0.2) is 62.7 Å². The first kappa shape index (κ1) is 16.9. The Labute approximate surface area is 158 Å². The van der Waals surface area contributed by atoms with Crippen molar-refractivity contribution >= 4 is 39.7 Å². The lowest BCUT2D eigenvalue weighted by Gasteiger charge is -2.13. The smallest absolute Gasteiger partial charge is 0.283 e. The van der Waals surface area contributed by atoms with Crippen molar-refractivity contribution in [2.24, 2.45) is 17.1 Å². The van der Waals surface area contributed by atoms with Gasteiger partial charge in [0.2, 0.25) is 0 Å². The van der Waals surface area contributed by atoms with Crippen molar-refractivity contribution in [2.45, 2.75) is 6.92 Å². The Kier molecular flexibility index (Phi) is 4.52. The lowest BCUT2D eigenvalue weighted by atomic mass is 10.3. The minimum absolute atomic E-state index is 0.140. The number of hydrogen-bond donors (Lipinski definition) is 1. The van der Waals surface area contributed by atoms with Crippen LogP contribution in [0.5, 0.6) is 0 Å². The average Bonchev–Trinajstić information content (AvgIpc) is 3.27. The number of hydrogen-bond acceptors (Lipinski definition) is 5. The van der Waals surface area contributed by atoms with E-state index < -0.39 is 0 Å². The maximum Gasteiger partial charge on any atom is 0.297 e. The number of nitrogens with one attached hydrogen (secondary N) is 1. The van der Waals surface area contributed by atoms with E-state index in [2.05, 4.69) is 15.5 Å². The van der Waals surface area contributed by atoms with E-state index in [-0.39, 0.29) is 5.56 Å². The lowest BCUT2D eigenvalue weighted by Crippen LogP contribution is -2.25. The number of thiophene rings is 1. The summed E-state index contributed by atoms with van der Waals surface area (Å²) in [4.78, 5) is 18.6. The molecule has 1 aliphatic rings. The zero-order valence-electron chi connectivity index (χ0n) is 14.3. The molecule has 0 amide bonds. The molecule has 0 radical (unpaired) electrons. The van der Waals surface area contributed by atoms with Crippen LogP contribution in [0.2, 0.25) is 0 Å². The van der Waals surface area contributed by atoms with Gasteiger partial charge in [-0.2, -0.15) is 5.10 Å². The Hall–Kier alpha value is -2.58. The van der Waals surface area contributed by atoms with Crippen LogP contribution in [0.3, 0.4) is 0 Å². The molecule has 0 saturated carbocycles. The predicted octanol–water partition coefficient (Wildman–Crippen LogP) is 3.27. The van der Waals surface area contributed by atoms with Gasteiger partial charge in [0, 0.05) is 12.8 Å². The summed E-state index contributed by atoms with van der Waals surface area (Å²) in [5, 5.41) is 7.07. The Morgan fingerprint density at radius 1 is 1.19 bits per heavy atom. The summed E-state index contributed by atoms with van der Waals surface area (Å²) in [6.07, 6.45) is 0. The second kappa shape index (κ2) is 6.97. The average molecular weight is 384 g/mol. The molecule has 0 fully saturated rings. The molecule has 0 atom stereocenters. The van der Waals surface area contributed by atoms with Crippen LogP contribution in [-0.2, 0) is 7.05 Å². The fourth-order valence-corrected chi connectivity index (χ4v) is 4.29. The third kappa shape index (κ3) is 3.02. The summed E-state index contributed by atoms with van der Waals surface area (Å²) in [7, 11) is 1.86. The predicted molar refractivity (Wildman–Crippen MR) is 109 cm³/mol. The number of para-hydroxylation sites is 1. The summed E-state index contributed by atoms with van der Waals surface area (Å²) in [5.41, 5.74) is 5.89. The first-order valence-corrected chi connectivity index (χ1v) is 9.93. The molecule has 8 heteroatoms. The van der Waals surface area contributed by atoms with Crippen LogP contribution >= 0.6 is 23.1 Å². The summed E-state index contributed by atoms with van der Waals surface area (Å²) < 4.78 is 3.45. The van der Waals surface area contributed by atoms with E-state index in [1.165, 1.54) is 0 Å². The molecule has 0 bridgehead atoms. The van der Waals surface area contributed by atoms with E-state index in [0.29, 0.717) is 10.9 Å². The minimum Gasteiger partial charge on any atom is -0.283 e. The van der Waals surface area contributed by atoms with Crippen molar-refractivity contribution in [3.05, 3.63) is 68.8 Å². The molecule has 3 heterocycles. The highest BCUT2D eigenvalue weighted by atomic mass is 32.2. The van der Waals surface area contributed by atoms with Crippen molar-refractivity contribution in [1.29, 1.82) is 0 Å². The highest BCUT2D eigenvalue weighted by Crippen LogP contribution is 2.21. The molecule has 1 N–H and O–H groups in total. The van der Waals surface area contributed by atoms with Gasteiger partial charge in [0.1, 0.15) is 0 Å². The van der Waals surface area contributed by atoms with Crippen LogP contribution in [0.4, 0.5) is 5.69 Å². The molecule has 6 nitrogen and oxygen atoms in total. The fourth-order valence-electron chi connectivity index (χ4n) is 2.73. The molecule has 3 aromatic rings. The third-order valence-electron chi connectivity index (χ3n) is 4.17. The van der Waals surface area contributed by atoms with Gasteiger partial charge in [0.05, 0.1) is 22.0 Å². The Morgan fingerprint density at radius 3 is 2.65 bits per heavy atom. The fraction of sp³-hybridized carbons (Fsp3) is 0.167. The first-order valence-electron chi connectivity index (χ1n) is 8.07. The van der Waals surface area contributed by atoms with Gasteiger partial charge in [-0.05, 0) is 30.5 Å².